The topological polar surface area (TPSA) is 81.0 Å². The van der Waals surface area contributed by atoms with Crippen LogP contribution < -0.4 is 21.1 Å². The summed E-state index contributed by atoms with van der Waals surface area (Å²) < 4.78 is 2.05. The second-order valence-electron chi connectivity index (χ2n) is 12.0. The summed E-state index contributed by atoms with van der Waals surface area (Å²) in [6.07, 6.45) is 4.11. The van der Waals surface area contributed by atoms with Gasteiger partial charge in [0.15, 0.2) is 5.96 Å². The van der Waals surface area contributed by atoms with E-state index in [0.29, 0.717) is 4.75 Å². The van der Waals surface area contributed by atoms with E-state index in [4.69, 9.17) is 9.98 Å². The molecule has 10 heteroatoms. The first-order valence-corrected chi connectivity index (χ1v) is 15.5. The minimum Gasteiger partial charge on any atom is -0.354 e. The van der Waals surface area contributed by atoms with E-state index in [2.05, 4.69) is 69.3 Å². The van der Waals surface area contributed by atoms with E-state index in [1.807, 2.05) is 26.2 Å². The number of hydrogen-bond acceptors (Lipinski definition) is 9. The van der Waals surface area contributed by atoms with Gasteiger partial charge in [-0.15, -0.1) is 11.8 Å². The number of aromatic nitrogens is 2. The number of nitrogens with one attached hydrogen (secondary N) is 2. The maximum absolute atomic E-state index is 12.2. The molecule has 0 atom stereocenters. The Balaban J connectivity index is 1.03. The number of hydrogen-bond donors (Lipinski definition) is 2. The minimum atomic E-state index is 0.0463. The Labute approximate surface area is 241 Å². The van der Waals surface area contributed by atoms with Crippen molar-refractivity contribution >= 4 is 23.5 Å². The van der Waals surface area contributed by atoms with Crippen LogP contribution in [0.3, 0.4) is 0 Å². The summed E-state index contributed by atoms with van der Waals surface area (Å²) in [7, 11) is 1.81. The summed E-state index contributed by atoms with van der Waals surface area (Å²) in [5.41, 5.74) is 5.38. The Morgan fingerprint density at radius 3 is 2.58 bits per heavy atom. The maximum atomic E-state index is 12.2. The fourth-order valence-corrected chi connectivity index (χ4v) is 7.58. The van der Waals surface area contributed by atoms with Gasteiger partial charge >= 0.3 is 0 Å². The number of aliphatic imine (C=N–C) groups is 1. The average Bonchev–Trinajstić information content (AvgIpc) is 2.95. The molecule has 0 amide bonds. The monoisotopic (exact) mass is 562 g/mol. The van der Waals surface area contributed by atoms with Crippen molar-refractivity contribution in [3.05, 3.63) is 57.8 Å². The Morgan fingerprint density at radius 2 is 1.93 bits per heavy atom. The van der Waals surface area contributed by atoms with E-state index in [-0.39, 0.29) is 11.5 Å². The quantitative estimate of drug-likeness (QED) is 0.575. The predicted octanol–water partition coefficient (Wildman–Crippen LogP) is 2.24. The largest absolute Gasteiger partial charge is 0.354 e. The van der Waals surface area contributed by atoms with E-state index in [9.17, 15) is 4.79 Å². The normalized spacial score (nSPS) is 21.2. The number of rotatable bonds is 5. The molecule has 0 bridgehead atoms. The standard InChI is InChI=1S/C30H42N8OS/c1-21(2)27-25(24-13-22(3)28(39)35(4)17-24)5-6-26(34-27)37-10-8-36(9-11-37)16-23-14-32-29(33-15-23)38-19-30(20-38)18-31-7-12-40-30/h5-6,13-14,17,21,31H,7-12,15-16,18-20H2,1-4H3,(H,32,33). The molecule has 6 heterocycles. The van der Waals surface area contributed by atoms with Crippen molar-refractivity contribution in [1.82, 2.24) is 30.0 Å². The highest BCUT2D eigenvalue weighted by atomic mass is 32.2. The molecule has 4 aliphatic rings. The lowest BCUT2D eigenvalue weighted by atomic mass is 9.97. The van der Waals surface area contributed by atoms with Gasteiger partial charge in [-0.25, -0.2) is 9.98 Å². The first-order chi connectivity index (χ1) is 19.3. The first kappa shape index (κ1) is 27.4. The lowest BCUT2D eigenvalue weighted by molar-refractivity contribution is 0.207. The van der Waals surface area contributed by atoms with Gasteiger partial charge in [-0.2, -0.15) is 0 Å². The van der Waals surface area contributed by atoms with Gasteiger partial charge in [0.1, 0.15) is 5.82 Å². The zero-order chi connectivity index (χ0) is 27.9. The molecule has 6 rings (SSSR count). The third-order valence-electron chi connectivity index (χ3n) is 8.48. The van der Waals surface area contributed by atoms with Gasteiger partial charge in [0, 0.05) is 101 Å². The first-order valence-electron chi connectivity index (χ1n) is 14.5. The van der Waals surface area contributed by atoms with Crippen LogP contribution in [0.4, 0.5) is 5.82 Å². The summed E-state index contributed by atoms with van der Waals surface area (Å²) in [5, 5.41) is 7.03. The zero-order valence-electron chi connectivity index (χ0n) is 24.2. The lowest BCUT2D eigenvalue weighted by Gasteiger charge is -2.52. The van der Waals surface area contributed by atoms with Crippen LogP contribution >= 0.6 is 11.8 Å². The van der Waals surface area contributed by atoms with Crippen LogP contribution in [0.15, 0.2) is 46.0 Å². The van der Waals surface area contributed by atoms with Crippen molar-refractivity contribution in [3.63, 3.8) is 0 Å². The van der Waals surface area contributed by atoms with Crippen molar-refractivity contribution in [3.8, 4) is 11.1 Å². The molecule has 214 valence electrons. The van der Waals surface area contributed by atoms with Gasteiger partial charge in [0.2, 0.25) is 0 Å². The fourth-order valence-electron chi connectivity index (χ4n) is 6.20. The smallest absolute Gasteiger partial charge is 0.253 e. The molecular weight excluding hydrogens is 520 g/mol. The minimum absolute atomic E-state index is 0.0463. The number of pyridine rings is 2. The molecule has 3 fully saturated rings. The van der Waals surface area contributed by atoms with E-state index >= 15 is 0 Å². The molecule has 2 N–H and O–H groups in total. The van der Waals surface area contributed by atoms with Crippen molar-refractivity contribution in [1.29, 1.82) is 0 Å². The molecule has 0 saturated carbocycles. The van der Waals surface area contributed by atoms with E-state index in [0.717, 1.165) is 99.6 Å². The summed E-state index contributed by atoms with van der Waals surface area (Å²) in [4.78, 5) is 29.5. The molecule has 3 saturated heterocycles. The highest BCUT2D eigenvalue weighted by molar-refractivity contribution is 8.00. The van der Waals surface area contributed by atoms with Gasteiger partial charge < -0.3 is 25.0 Å². The summed E-state index contributed by atoms with van der Waals surface area (Å²) >= 11 is 2.12. The number of nitrogens with zero attached hydrogens (tertiary/aromatic N) is 6. The number of thioether (sulfide) groups is 1. The molecule has 2 aromatic rings. The number of piperazine rings is 1. The molecule has 4 aliphatic heterocycles. The third-order valence-corrected chi connectivity index (χ3v) is 9.91. The van der Waals surface area contributed by atoms with Crippen LogP contribution in [0.5, 0.6) is 0 Å². The Morgan fingerprint density at radius 1 is 1.12 bits per heavy atom. The fraction of sp³-hybridized carbons (Fsp3) is 0.567. The Kier molecular flexibility index (Phi) is 7.67. The molecule has 2 aromatic heterocycles. The zero-order valence-corrected chi connectivity index (χ0v) is 25.1. The van der Waals surface area contributed by atoms with E-state index < -0.39 is 0 Å². The van der Waals surface area contributed by atoms with Crippen LogP contribution in [0.1, 0.15) is 31.0 Å². The third kappa shape index (κ3) is 5.53. The highest BCUT2D eigenvalue weighted by Gasteiger charge is 2.45. The number of anilines is 1. The van der Waals surface area contributed by atoms with Gasteiger partial charge in [-0.1, -0.05) is 13.8 Å². The number of aryl methyl sites for hydroxylation is 2. The second-order valence-corrected chi connectivity index (χ2v) is 13.6. The van der Waals surface area contributed by atoms with Crippen LogP contribution in [0, 0.1) is 6.92 Å². The molecule has 0 radical (unpaired) electrons. The SMILES string of the molecule is Cc1cc(-c2ccc(N3CCN(CC4=CNC(N5CC6(CNCCS6)C5)=NC4)CC3)nc2C(C)C)cn(C)c1=O. The van der Waals surface area contributed by atoms with Gasteiger partial charge in [-0.3, -0.25) is 9.69 Å². The van der Waals surface area contributed by atoms with Gasteiger partial charge in [-0.05, 0) is 36.6 Å². The van der Waals surface area contributed by atoms with Crippen LogP contribution in [0.25, 0.3) is 11.1 Å². The summed E-state index contributed by atoms with van der Waals surface area (Å²) in [6.45, 7) is 16.3. The molecule has 9 nitrogen and oxygen atoms in total. The van der Waals surface area contributed by atoms with Crippen LogP contribution in [0.2, 0.25) is 0 Å². The van der Waals surface area contributed by atoms with Crippen molar-refractivity contribution in [2.24, 2.45) is 12.0 Å². The molecular formula is C30H42N8OS. The molecule has 40 heavy (non-hydrogen) atoms. The summed E-state index contributed by atoms with van der Waals surface area (Å²) in [6, 6.07) is 6.31. The maximum Gasteiger partial charge on any atom is 0.253 e. The Bertz CT molecular complexity index is 1330. The van der Waals surface area contributed by atoms with Crippen molar-refractivity contribution < 1.29 is 0 Å². The predicted molar refractivity (Wildman–Crippen MR) is 166 cm³/mol. The Hall–Kier alpha value is -2.82. The van der Waals surface area contributed by atoms with Crippen LogP contribution in [-0.4, -0.2) is 101 Å². The highest BCUT2D eigenvalue weighted by Crippen LogP contribution is 2.36. The van der Waals surface area contributed by atoms with Crippen LogP contribution in [-0.2, 0) is 7.05 Å². The molecule has 1 spiro atoms. The van der Waals surface area contributed by atoms with Gasteiger partial charge in [0.25, 0.3) is 5.56 Å². The summed E-state index contributed by atoms with van der Waals surface area (Å²) in [5.74, 6) is 3.57. The molecule has 0 unspecified atom stereocenters. The lowest BCUT2D eigenvalue weighted by Crippen LogP contribution is -2.68. The van der Waals surface area contributed by atoms with E-state index in [1.54, 1.807) is 4.57 Å². The molecule has 0 aromatic carbocycles. The average molecular weight is 563 g/mol. The van der Waals surface area contributed by atoms with Gasteiger partial charge in [0.05, 0.1) is 17.0 Å². The van der Waals surface area contributed by atoms with Crippen molar-refractivity contribution in [2.45, 2.75) is 31.4 Å². The molecule has 0 aliphatic carbocycles. The number of likely N-dealkylation sites (tertiary alicyclic amines) is 1. The second kappa shape index (κ2) is 11.2. The van der Waals surface area contributed by atoms with Crippen molar-refractivity contribution in [2.75, 3.05) is 76.1 Å². The van der Waals surface area contributed by atoms with E-state index in [1.165, 1.54) is 11.3 Å². The number of guanidine groups is 1.